The Bertz CT molecular complexity index is 2570. The number of unbranched alkanes of at least 4 members (excludes halogenated alkanes) is 2. The Labute approximate surface area is 383 Å². The normalized spacial score (nSPS) is 24.2. The van der Waals surface area contributed by atoms with Crippen LogP contribution >= 0.6 is 0 Å². The van der Waals surface area contributed by atoms with Crippen molar-refractivity contribution < 1.29 is 34.1 Å². The number of ether oxygens (including phenoxy) is 3. The molecule has 3 aliphatic carbocycles. The third-order valence-electron chi connectivity index (χ3n) is 13.8. The summed E-state index contributed by atoms with van der Waals surface area (Å²) in [4.78, 5) is 23.6. The van der Waals surface area contributed by atoms with Gasteiger partial charge in [0.2, 0.25) is 11.7 Å². The number of benzene rings is 5. The Hall–Kier alpha value is -5.48. The van der Waals surface area contributed by atoms with E-state index in [2.05, 4.69) is 84.3 Å². The van der Waals surface area contributed by atoms with Gasteiger partial charge in [-0.3, -0.25) is 4.79 Å². The minimum atomic E-state index is -1.35. The highest BCUT2D eigenvalue weighted by Crippen LogP contribution is 2.62. The Balaban J connectivity index is 1.25. The van der Waals surface area contributed by atoms with E-state index in [4.69, 9.17) is 24.2 Å². The van der Waals surface area contributed by atoms with Crippen LogP contribution in [0.25, 0.3) is 21.5 Å². The summed E-state index contributed by atoms with van der Waals surface area (Å²) in [5.74, 6) is 0.418. The Morgan fingerprint density at radius 1 is 0.862 bits per heavy atom. The molecule has 1 amide bonds. The molecule has 9 nitrogen and oxygen atoms in total. The van der Waals surface area contributed by atoms with E-state index in [0.29, 0.717) is 37.3 Å². The van der Waals surface area contributed by atoms with Gasteiger partial charge in [-0.2, -0.15) is 0 Å². The maximum Gasteiger partial charge on any atom is 0.239 e. The second kappa shape index (κ2) is 19.2. The summed E-state index contributed by atoms with van der Waals surface area (Å²) in [6.45, 7) is 10.9. The largest absolute Gasteiger partial charge is 0.459 e. The number of oxime groups is 1. The zero-order valence-electron chi connectivity index (χ0n) is 38.2. The van der Waals surface area contributed by atoms with Crippen molar-refractivity contribution in [3.63, 3.8) is 0 Å². The SMILES string of the molecule is C=CCOC12Oc3ccc(Oc4ccc5ccccc5c4)cc3C3C(CCCCO)C(CCCCO)C=C(C(=NOC(C)(C)C)CC1N(Cc1cccc4ccccc14)C(=O)C1CC1)C32. The van der Waals surface area contributed by atoms with Crippen LogP contribution in [0, 0.1) is 23.7 Å². The third kappa shape index (κ3) is 9.33. The summed E-state index contributed by atoms with van der Waals surface area (Å²) < 4.78 is 21.6. The third-order valence-corrected chi connectivity index (χ3v) is 13.8. The molecule has 2 fully saturated rings. The quantitative estimate of drug-likeness (QED) is 0.0512. The van der Waals surface area contributed by atoms with Gasteiger partial charge in [0.25, 0.3) is 0 Å². The minimum Gasteiger partial charge on any atom is -0.459 e. The van der Waals surface area contributed by atoms with Gasteiger partial charge in [-0.05, 0) is 134 Å². The number of allylic oxidation sites excluding steroid dienone is 1. The number of nitrogens with zero attached hydrogens (tertiary/aromatic N) is 2. The Kier molecular flexibility index (Phi) is 13.2. The number of carbonyl (C=O) groups is 1. The predicted molar refractivity (Wildman–Crippen MR) is 257 cm³/mol. The fourth-order valence-electron chi connectivity index (χ4n) is 10.8. The molecule has 1 heterocycles. The molecule has 9 rings (SSSR count). The first-order chi connectivity index (χ1) is 31.6. The number of aliphatic hydroxyl groups is 2. The summed E-state index contributed by atoms with van der Waals surface area (Å²) in [7, 11) is 0. The molecular formula is C56H64N2O7. The van der Waals surface area contributed by atoms with Crippen molar-refractivity contribution in [3.05, 3.63) is 139 Å². The van der Waals surface area contributed by atoms with Crippen molar-refractivity contribution in [2.75, 3.05) is 19.8 Å². The highest BCUT2D eigenvalue weighted by Gasteiger charge is 2.66. The van der Waals surface area contributed by atoms with Crippen LogP contribution in [0.1, 0.15) is 95.6 Å². The molecule has 9 heteroatoms. The Morgan fingerprint density at radius 2 is 1.57 bits per heavy atom. The average molecular weight is 877 g/mol. The first-order valence-electron chi connectivity index (χ1n) is 23.8. The van der Waals surface area contributed by atoms with E-state index in [1.807, 2.05) is 57.2 Å². The highest BCUT2D eigenvalue weighted by atomic mass is 16.7. The molecule has 0 bridgehead atoms. The van der Waals surface area contributed by atoms with Crippen molar-refractivity contribution in [2.24, 2.45) is 28.8 Å². The molecule has 5 aromatic carbocycles. The molecule has 1 aliphatic heterocycles. The van der Waals surface area contributed by atoms with Gasteiger partial charge in [0.05, 0.1) is 18.2 Å². The van der Waals surface area contributed by atoms with Gasteiger partial charge >= 0.3 is 0 Å². The van der Waals surface area contributed by atoms with Crippen LogP contribution < -0.4 is 9.47 Å². The van der Waals surface area contributed by atoms with Gasteiger partial charge < -0.3 is 34.2 Å². The molecule has 0 aromatic heterocycles. The lowest BCUT2D eigenvalue weighted by Gasteiger charge is -2.60. The lowest BCUT2D eigenvalue weighted by molar-refractivity contribution is -0.258. The lowest BCUT2D eigenvalue weighted by Crippen LogP contribution is -2.70. The van der Waals surface area contributed by atoms with Crippen LogP contribution in [0.2, 0.25) is 0 Å². The molecular weight excluding hydrogens is 813 g/mol. The van der Waals surface area contributed by atoms with Gasteiger partial charge in [0, 0.05) is 43.6 Å². The zero-order valence-corrected chi connectivity index (χ0v) is 38.2. The van der Waals surface area contributed by atoms with Crippen LogP contribution in [0.15, 0.2) is 133 Å². The molecule has 6 unspecified atom stereocenters. The van der Waals surface area contributed by atoms with Crippen molar-refractivity contribution in [2.45, 2.75) is 108 Å². The monoisotopic (exact) mass is 876 g/mol. The van der Waals surface area contributed by atoms with Crippen LogP contribution in [0.5, 0.6) is 17.2 Å². The Morgan fingerprint density at radius 3 is 2.32 bits per heavy atom. The standard InChI is InChI=1S/C56H64N2O7/c1-5-31-62-56-51(58(54(61)39-23-24-39)36-42-20-14-19-38-16-8-9-21-45(38)42)35-49(57-65-55(2,3)4)47-33-41(18-10-12-29-59)46(22-11-13-30-60)52(53(47)56)48-34-44(27-28-50(48)64-56)63-43-26-25-37-15-6-7-17-40(37)32-43/h5-9,14-17,19-21,25-28,32-34,39,41,46,51-53,59-60H,1,10-13,18,22-24,29-31,35-36H2,2-4H3. The number of carbonyl (C=O) groups excluding carboxylic acids is 1. The maximum absolute atomic E-state index is 15.1. The molecule has 5 aromatic rings. The van der Waals surface area contributed by atoms with Crippen LogP contribution in [-0.4, -0.2) is 64.0 Å². The van der Waals surface area contributed by atoms with Crippen LogP contribution in [0.3, 0.4) is 0 Å². The van der Waals surface area contributed by atoms with Crippen LogP contribution in [-0.2, 0) is 20.9 Å². The number of rotatable bonds is 18. The van der Waals surface area contributed by atoms with Gasteiger partial charge in [0.15, 0.2) is 0 Å². The van der Waals surface area contributed by atoms with Gasteiger partial charge in [-0.15, -0.1) is 6.58 Å². The van der Waals surface area contributed by atoms with Crippen molar-refractivity contribution in [1.29, 1.82) is 0 Å². The van der Waals surface area contributed by atoms with E-state index in [0.717, 1.165) is 88.2 Å². The average Bonchev–Trinajstić information content (AvgIpc) is 4.16. The van der Waals surface area contributed by atoms with Crippen molar-refractivity contribution >= 4 is 33.2 Å². The van der Waals surface area contributed by atoms with Gasteiger partial charge in [-0.25, -0.2) is 0 Å². The molecule has 340 valence electrons. The van der Waals surface area contributed by atoms with Gasteiger partial charge in [0.1, 0.15) is 28.9 Å². The van der Waals surface area contributed by atoms with E-state index in [-0.39, 0.29) is 49.4 Å². The topological polar surface area (TPSA) is 110 Å². The molecule has 4 aliphatic rings. The fraction of sp³-hybridized carbons (Fsp3) is 0.429. The number of aliphatic hydroxyl groups excluding tert-OH is 2. The van der Waals surface area contributed by atoms with E-state index < -0.39 is 23.3 Å². The van der Waals surface area contributed by atoms with Crippen molar-refractivity contribution in [3.8, 4) is 17.2 Å². The summed E-state index contributed by atoms with van der Waals surface area (Å²) in [5, 5.41) is 29.6. The molecule has 2 saturated carbocycles. The predicted octanol–water partition coefficient (Wildman–Crippen LogP) is 11.7. The summed E-state index contributed by atoms with van der Waals surface area (Å²) >= 11 is 0. The number of hydrogen-bond acceptors (Lipinski definition) is 8. The van der Waals surface area contributed by atoms with Crippen LogP contribution in [0.4, 0.5) is 0 Å². The number of amides is 1. The van der Waals surface area contributed by atoms with E-state index in [1.54, 1.807) is 6.08 Å². The maximum atomic E-state index is 15.1. The first kappa shape index (κ1) is 44.7. The smallest absolute Gasteiger partial charge is 0.239 e. The molecule has 65 heavy (non-hydrogen) atoms. The molecule has 0 radical (unpaired) electrons. The van der Waals surface area contributed by atoms with Gasteiger partial charge in [-0.1, -0.05) is 103 Å². The highest BCUT2D eigenvalue weighted by molar-refractivity contribution is 6.03. The first-order valence-corrected chi connectivity index (χ1v) is 23.8. The fourth-order valence-corrected chi connectivity index (χ4v) is 10.8. The van der Waals surface area contributed by atoms with Crippen molar-refractivity contribution in [1.82, 2.24) is 4.90 Å². The molecule has 6 atom stereocenters. The second-order valence-electron chi connectivity index (χ2n) is 19.5. The van der Waals surface area contributed by atoms with E-state index in [9.17, 15) is 10.2 Å². The molecule has 0 spiro atoms. The number of hydrogen-bond donors (Lipinski definition) is 2. The summed E-state index contributed by atoms with van der Waals surface area (Å²) in [5.41, 5.74) is 3.31. The zero-order chi connectivity index (χ0) is 45.1. The minimum absolute atomic E-state index is 0.0837. The number of fused-ring (bicyclic) bond motifs is 4. The summed E-state index contributed by atoms with van der Waals surface area (Å²) in [6.07, 6.45) is 11.0. The summed E-state index contributed by atoms with van der Waals surface area (Å²) in [6, 6.07) is 34.6. The molecule has 2 N–H and O–H groups in total. The molecule has 0 saturated heterocycles. The van der Waals surface area contributed by atoms with E-state index >= 15 is 4.79 Å². The van der Waals surface area contributed by atoms with E-state index in [1.165, 1.54) is 0 Å². The lowest BCUT2D eigenvalue weighted by atomic mass is 9.55. The second-order valence-corrected chi connectivity index (χ2v) is 19.5.